The molecule has 4 rings (SSSR count). The Morgan fingerprint density at radius 2 is 1.97 bits per heavy atom. The van der Waals surface area contributed by atoms with Crippen LogP contribution in [0.15, 0.2) is 48.7 Å². The maximum atomic E-state index is 13.0. The van der Waals surface area contributed by atoms with Crippen LogP contribution in [-0.4, -0.2) is 35.1 Å². The highest BCUT2D eigenvalue weighted by atomic mass is 32.1. The van der Waals surface area contributed by atoms with Gasteiger partial charge in [-0.15, -0.1) is 11.3 Å². The molecule has 170 valence electrons. The van der Waals surface area contributed by atoms with E-state index in [-0.39, 0.29) is 12.5 Å². The fourth-order valence-corrected chi connectivity index (χ4v) is 4.46. The van der Waals surface area contributed by atoms with Gasteiger partial charge < -0.3 is 19.5 Å². The smallest absolute Gasteiger partial charge is 0.261 e. The minimum atomic E-state index is -0.175. The van der Waals surface area contributed by atoms with Crippen LogP contribution >= 0.6 is 11.3 Å². The highest BCUT2D eigenvalue weighted by Crippen LogP contribution is 2.35. The Morgan fingerprint density at radius 1 is 1.09 bits per heavy atom. The van der Waals surface area contributed by atoms with Crippen molar-refractivity contribution in [3.05, 3.63) is 76.2 Å². The maximum absolute atomic E-state index is 13.0. The molecule has 0 bridgehead atoms. The van der Waals surface area contributed by atoms with Crippen molar-refractivity contribution >= 4 is 27.5 Å². The van der Waals surface area contributed by atoms with Crippen LogP contribution in [0.5, 0.6) is 11.6 Å². The molecule has 0 aliphatic carbocycles. The molecule has 9 heteroatoms. The molecule has 0 saturated heterocycles. The summed E-state index contributed by atoms with van der Waals surface area (Å²) in [6.07, 6.45) is 1.74. The number of benzene rings is 1. The van der Waals surface area contributed by atoms with Crippen LogP contribution in [0.25, 0.3) is 10.2 Å². The van der Waals surface area contributed by atoms with Crippen molar-refractivity contribution in [2.24, 2.45) is 0 Å². The summed E-state index contributed by atoms with van der Waals surface area (Å²) in [6, 6.07) is 13.3. The van der Waals surface area contributed by atoms with Crippen molar-refractivity contribution in [2.75, 3.05) is 14.2 Å². The molecule has 0 radical (unpaired) electrons. The van der Waals surface area contributed by atoms with Gasteiger partial charge in [0.1, 0.15) is 23.8 Å². The van der Waals surface area contributed by atoms with Gasteiger partial charge in [0.15, 0.2) is 5.82 Å². The van der Waals surface area contributed by atoms with Crippen LogP contribution in [0.3, 0.4) is 0 Å². The summed E-state index contributed by atoms with van der Waals surface area (Å²) < 4.78 is 16.4. The van der Waals surface area contributed by atoms with Gasteiger partial charge in [0.25, 0.3) is 5.91 Å². The second kappa shape index (κ2) is 10.4. The van der Waals surface area contributed by atoms with Crippen LogP contribution < -0.4 is 14.8 Å². The first kappa shape index (κ1) is 22.6. The number of carbonyl (C=O) groups is 1. The number of fused-ring (bicyclic) bond motifs is 1. The number of rotatable bonds is 9. The lowest BCUT2D eigenvalue weighted by Gasteiger charge is -2.09. The molecule has 0 saturated carbocycles. The Kier molecular flexibility index (Phi) is 7.11. The summed E-state index contributed by atoms with van der Waals surface area (Å²) >= 11 is 1.32. The van der Waals surface area contributed by atoms with E-state index in [9.17, 15) is 4.79 Å². The van der Waals surface area contributed by atoms with Gasteiger partial charge in [0.2, 0.25) is 5.88 Å². The van der Waals surface area contributed by atoms with E-state index < -0.39 is 0 Å². The second-order valence-electron chi connectivity index (χ2n) is 7.26. The van der Waals surface area contributed by atoms with Gasteiger partial charge in [-0.2, -0.15) is 4.98 Å². The van der Waals surface area contributed by atoms with Crippen LogP contribution in [0.4, 0.5) is 0 Å². The first-order chi connectivity index (χ1) is 16.1. The van der Waals surface area contributed by atoms with E-state index in [2.05, 4.69) is 20.3 Å². The van der Waals surface area contributed by atoms with Gasteiger partial charge in [-0.1, -0.05) is 18.2 Å². The fraction of sp³-hybridized carbons (Fsp3) is 0.250. The average molecular weight is 465 g/mol. The quantitative estimate of drug-likeness (QED) is 0.399. The summed E-state index contributed by atoms with van der Waals surface area (Å²) in [6.45, 7) is 2.89. The number of pyridine rings is 1. The van der Waals surface area contributed by atoms with Crippen molar-refractivity contribution in [1.29, 1.82) is 0 Å². The number of hydrogen-bond acceptors (Lipinski definition) is 8. The topological polar surface area (TPSA) is 95.5 Å². The van der Waals surface area contributed by atoms with Crippen molar-refractivity contribution < 1.29 is 19.0 Å². The fourth-order valence-electron chi connectivity index (χ4n) is 3.35. The first-order valence-electron chi connectivity index (χ1n) is 10.3. The van der Waals surface area contributed by atoms with Crippen molar-refractivity contribution in [3.63, 3.8) is 0 Å². The van der Waals surface area contributed by atoms with E-state index >= 15 is 0 Å². The molecule has 3 aromatic heterocycles. The Bertz CT molecular complexity index is 1260. The van der Waals surface area contributed by atoms with Gasteiger partial charge in [0, 0.05) is 19.9 Å². The standard InChI is InChI=1S/C24H24N4O4S/c1-15-20-23(31-3)27-19(14-30-2)28-24(20)33-21(15)22(29)26-12-16-7-6-9-18(11-16)32-13-17-8-4-5-10-25-17/h4-11H,12-14H2,1-3H3,(H,26,29). The zero-order chi connectivity index (χ0) is 23.2. The van der Waals surface area contributed by atoms with Gasteiger partial charge >= 0.3 is 0 Å². The largest absolute Gasteiger partial charge is 0.487 e. The number of ether oxygens (including phenoxy) is 3. The Hall–Kier alpha value is -3.56. The summed E-state index contributed by atoms with van der Waals surface area (Å²) in [7, 11) is 3.13. The number of thiophene rings is 1. The third-order valence-electron chi connectivity index (χ3n) is 4.94. The molecule has 0 fully saturated rings. The second-order valence-corrected chi connectivity index (χ2v) is 8.26. The zero-order valence-corrected chi connectivity index (χ0v) is 19.4. The predicted octanol–water partition coefficient (Wildman–Crippen LogP) is 4.06. The number of methoxy groups -OCH3 is 2. The minimum absolute atomic E-state index is 0.175. The van der Waals surface area contributed by atoms with Crippen molar-refractivity contribution in [3.8, 4) is 11.6 Å². The van der Waals surface area contributed by atoms with Crippen LogP contribution in [0.1, 0.15) is 32.3 Å². The molecule has 0 aliphatic heterocycles. The minimum Gasteiger partial charge on any atom is -0.487 e. The zero-order valence-electron chi connectivity index (χ0n) is 18.6. The van der Waals surface area contributed by atoms with Crippen molar-refractivity contribution in [1.82, 2.24) is 20.3 Å². The lowest BCUT2D eigenvalue weighted by molar-refractivity contribution is 0.0954. The molecule has 0 spiro atoms. The first-order valence-corrected chi connectivity index (χ1v) is 11.1. The monoisotopic (exact) mass is 464 g/mol. The summed E-state index contributed by atoms with van der Waals surface area (Å²) in [5.41, 5.74) is 2.57. The molecular formula is C24H24N4O4S. The summed E-state index contributed by atoms with van der Waals surface area (Å²) in [4.78, 5) is 27.4. The molecule has 1 N–H and O–H groups in total. The Morgan fingerprint density at radius 3 is 2.73 bits per heavy atom. The van der Waals surface area contributed by atoms with Gasteiger partial charge in [-0.05, 0) is 42.3 Å². The Labute approximate surface area is 195 Å². The number of nitrogens with zero attached hydrogens (tertiary/aromatic N) is 3. The van der Waals surface area contributed by atoms with E-state index in [0.717, 1.165) is 28.0 Å². The van der Waals surface area contributed by atoms with E-state index in [1.165, 1.54) is 11.3 Å². The van der Waals surface area contributed by atoms with Crippen LogP contribution in [0, 0.1) is 6.92 Å². The number of nitrogens with one attached hydrogen (secondary N) is 1. The number of aryl methyl sites for hydroxylation is 1. The molecule has 1 amide bonds. The molecule has 0 unspecified atom stereocenters. The molecule has 1 aromatic carbocycles. The van der Waals surface area contributed by atoms with Crippen LogP contribution in [0.2, 0.25) is 0 Å². The molecule has 4 aromatic rings. The van der Waals surface area contributed by atoms with E-state index in [1.807, 2.05) is 49.4 Å². The van der Waals surface area contributed by atoms with Gasteiger partial charge in [-0.25, -0.2) is 4.98 Å². The molecular weight excluding hydrogens is 440 g/mol. The SMILES string of the molecule is COCc1nc(OC)c2c(C)c(C(=O)NCc3cccc(OCc4ccccn4)c3)sc2n1. The van der Waals surface area contributed by atoms with Gasteiger partial charge in [0.05, 0.1) is 23.1 Å². The normalized spacial score (nSPS) is 10.9. The van der Waals surface area contributed by atoms with Crippen LogP contribution in [-0.2, 0) is 24.5 Å². The highest BCUT2D eigenvalue weighted by molar-refractivity contribution is 7.20. The number of carbonyl (C=O) groups excluding carboxylic acids is 1. The Balaban J connectivity index is 1.46. The van der Waals surface area contributed by atoms with E-state index in [0.29, 0.717) is 34.6 Å². The van der Waals surface area contributed by atoms with Crippen molar-refractivity contribution in [2.45, 2.75) is 26.7 Å². The molecule has 0 atom stereocenters. The third kappa shape index (κ3) is 5.27. The average Bonchev–Trinajstić information content (AvgIpc) is 3.18. The summed E-state index contributed by atoms with van der Waals surface area (Å²) in [5, 5.41) is 3.73. The predicted molar refractivity (Wildman–Crippen MR) is 126 cm³/mol. The summed E-state index contributed by atoms with van der Waals surface area (Å²) in [5.74, 6) is 1.50. The van der Waals surface area contributed by atoms with E-state index in [4.69, 9.17) is 14.2 Å². The highest BCUT2D eigenvalue weighted by Gasteiger charge is 2.21. The molecule has 8 nitrogen and oxygen atoms in total. The number of hydrogen-bond donors (Lipinski definition) is 1. The van der Waals surface area contributed by atoms with Gasteiger partial charge in [-0.3, -0.25) is 9.78 Å². The molecule has 3 heterocycles. The number of aromatic nitrogens is 3. The lowest BCUT2D eigenvalue weighted by Crippen LogP contribution is -2.22. The maximum Gasteiger partial charge on any atom is 0.261 e. The lowest BCUT2D eigenvalue weighted by atomic mass is 10.2. The third-order valence-corrected chi connectivity index (χ3v) is 6.13. The number of amides is 1. The van der Waals surface area contributed by atoms with E-state index in [1.54, 1.807) is 20.4 Å². The molecule has 33 heavy (non-hydrogen) atoms. The molecule has 0 aliphatic rings.